The van der Waals surface area contributed by atoms with Gasteiger partial charge in [0.15, 0.2) is 5.65 Å². The summed E-state index contributed by atoms with van der Waals surface area (Å²) in [6, 6.07) is 1.94. The molecular weight excluding hydrogens is 612 g/mol. The SMILES string of the molecule is COc1cc(C(F)(F)F)cc(C)c1-c1cc2c(OS(=O)(=O)C(F)(F)F)nn(C3CCCN(C(=O)OC(C)(C)C)C3)c2nn1. The molecule has 18 heteroatoms. The average Bonchev–Trinajstić information content (AvgIpc) is 3.23. The van der Waals surface area contributed by atoms with Gasteiger partial charge in [-0.25, -0.2) is 9.48 Å². The summed E-state index contributed by atoms with van der Waals surface area (Å²) in [6.07, 6.45) is -4.52. The maximum absolute atomic E-state index is 13.4. The largest absolute Gasteiger partial charge is 0.534 e. The molecule has 1 atom stereocenters. The average molecular weight is 640 g/mol. The van der Waals surface area contributed by atoms with Gasteiger partial charge in [0.05, 0.1) is 29.8 Å². The summed E-state index contributed by atoms with van der Waals surface area (Å²) >= 11 is 0. The zero-order valence-corrected chi connectivity index (χ0v) is 24.3. The maximum atomic E-state index is 13.4. The number of benzene rings is 1. The minimum atomic E-state index is -6.18. The van der Waals surface area contributed by atoms with Crippen molar-refractivity contribution in [2.45, 2.75) is 63.9 Å². The lowest BCUT2D eigenvalue weighted by Gasteiger charge is -2.34. The Morgan fingerprint density at radius 2 is 1.72 bits per heavy atom. The van der Waals surface area contributed by atoms with Crippen molar-refractivity contribution in [3.05, 3.63) is 29.3 Å². The summed E-state index contributed by atoms with van der Waals surface area (Å²) < 4.78 is 120. The standard InChI is InChI=1S/C25H27F6N5O6S/c1-13-9-14(24(26,27)28)10-18(40-5)19(13)17-11-16-20(33-32-17)36(34-21(16)42-43(38,39)25(29,30)31)15-7-6-8-35(12-15)22(37)41-23(2,3)4/h9-11,15H,6-8,12H2,1-5H3. The van der Waals surface area contributed by atoms with E-state index in [-0.39, 0.29) is 40.1 Å². The van der Waals surface area contributed by atoms with Gasteiger partial charge in [0.2, 0.25) is 0 Å². The fraction of sp³-hybridized carbons (Fsp3) is 0.520. The molecule has 3 heterocycles. The van der Waals surface area contributed by atoms with Crippen LogP contribution in [0.25, 0.3) is 22.3 Å². The van der Waals surface area contributed by atoms with Crippen molar-refractivity contribution in [3.8, 4) is 22.9 Å². The van der Waals surface area contributed by atoms with Gasteiger partial charge in [-0.15, -0.1) is 15.3 Å². The second kappa shape index (κ2) is 11.0. The summed E-state index contributed by atoms with van der Waals surface area (Å²) in [5, 5.41) is 11.7. The van der Waals surface area contributed by atoms with Crippen LogP contribution in [0.2, 0.25) is 0 Å². The number of rotatable bonds is 5. The van der Waals surface area contributed by atoms with Crippen LogP contribution in [0, 0.1) is 6.92 Å². The van der Waals surface area contributed by atoms with Crippen molar-refractivity contribution in [1.82, 2.24) is 24.9 Å². The highest BCUT2D eigenvalue weighted by Crippen LogP contribution is 2.41. The monoisotopic (exact) mass is 639 g/mol. The lowest BCUT2D eigenvalue weighted by Crippen LogP contribution is -2.43. The highest BCUT2D eigenvalue weighted by Gasteiger charge is 2.49. The molecule has 11 nitrogen and oxygen atoms in total. The first-order valence-corrected chi connectivity index (χ1v) is 14.1. The molecule has 0 spiro atoms. The molecule has 1 aliphatic heterocycles. The van der Waals surface area contributed by atoms with Crippen molar-refractivity contribution in [2.75, 3.05) is 20.2 Å². The number of carbonyl (C=O) groups is 1. The number of nitrogens with zero attached hydrogens (tertiary/aromatic N) is 5. The molecular formula is C25H27F6N5O6S. The topological polar surface area (TPSA) is 126 Å². The van der Waals surface area contributed by atoms with Crippen LogP contribution in [0.3, 0.4) is 0 Å². The molecule has 3 aromatic rings. The zero-order valence-electron chi connectivity index (χ0n) is 23.5. The fourth-order valence-corrected chi connectivity index (χ4v) is 4.98. The molecule has 1 aromatic carbocycles. The molecule has 1 amide bonds. The molecule has 0 aliphatic carbocycles. The van der Waals surface area contributed by atoms with Crippen molar-refractivity contribution in [2.24, 2.45) is 0 Å². The Balaban J connectivity index is 1.85. The molecule has 1 aliphatic rings. The van der Waals surface area contributed by atoms with Crippen molar-refractivity contribution in [3.63, 3.8) is 0 Å². The van der Waals surface area contributed by atoms with Crippen molar-refractivity contribution < 1.29 is 53.2 Å². The van der Waals surface area contributed by atoms with E-state index >= 15 is 0 Å². The summed E-state index contributed by atoms with van der Waals surface area (Å²) in [4.78, 5) is 14.0. The number of amides is 1. The van der Waals surface area contributed by atoms with Gasteiger partial charge < -0.3 is 18.6 Å². The lowest BCUT2D eigenvalue weighted by molar-refractivity contribution is -0.137. The van der Waals surface area contributed by atoms with Crippen molar-refractivity contribution in [1.29, 1.82) is 0 Å². The van der Waals surface area contributed by atoms with Crippen LogP contribution in [-0.4, -0.2) is 70.7 Å². The Bertz CT molecular complexity index is 1650. The predicted octanol–water partition coefficient (Wildman–Crippen LogP) is 5.63. The number of halogens is 6. The number of carbonyl (C=O) groups excluding carboxylic acids is 1. The van der Waals surface area contributed by atoms with Gasteiger partial charge in [-0.1, -0.05) is 0 Å². The van der Waals surface area contributed by atoms with E-state index in [4.69, 9.17) is 9.47 Å². The summed E-state index contributed by atoms with van der Waals surface area (Å²) in [5.41, 5.74) is -7.87. The van der Waals surface area contributed by atoms with Crippen LogP contribution in [-0.2, 0) is 21.0 Å². The third kappa shape index (κ3) is 6.73. The molecule has 236 valence electrons. The van der Waals surface area contributed by atoms with Crippen LogP contribution in [0.15, 0.2) is 18.2 Å². The van der Waals surface area contributed by atoms with Crippen LogP contribution in [0.4, 0.5) is 31.1 Å². The third-order valence-electron chi connectivity index (χ3n) is 6.39. The van der Waals surface area contributed by atoms with Crippen molar-refractivity contribution >= 4 is 27.2 Å². The van der Waals surface area contributed by atoms with Gasteiger partial charge in [0, 0.05) is 18.7 Å². The van der Waals surface area contributed by atoms with Gasteiger partial charge >= 0.3 is 27.9 Å². The van der Waals surface area contributed by atoms with E-state index < -0.39 is 51.0 Å². The van der Waals surface area contributed by atoms with E-state index in [9.17, 15) is 39.6 Å². The molecule has 0 bridgehead atoms. The molecule has 1 fully saturated rings. The molecule has 0 radical (unpaired) electrons. The number of methoxy groups -OCH3 is 1. The third-order valence-corrected chi connectivity index (χ3v) is 7.33. The molecule has 1 unspecified atom stereocenters. The molecule has 4 rings (SSSR count). The van der Waals surface area contributed by atoms with E-state index in [0.717, 1.165) is 30.0 Å². The minimum absolute atomic E-state index is 0.00752. The number of hydrogen-bond acceptors (Lipinski definition) is 9. The molecule has 0 N–H and O–H groups in total. The number of hydrogen-bond donors (Lipinski definition) is 0. The van der Waals surface area contributed by atoms with Crippen LogP contribution in [0.1, 0.15) is 50.8 Å². The van der Waals surface area contributed by atoms with E-state index in [2.05, 4.69) is 19.5 Å². The summed E-state index contributed by atoms with van der Waals surface area (Å²) in [7, 11) is -5.07. The van der Waals surface area contributed by atoms with E-state index in [1.165, 1.54) is 11.8 Å². The number of alkyl halides is 6. The molecule has 0 saturated carbocycles. The lowest BCUT2D eigenvalue weighted by atomic mass is 10.00. The Kier molecular flexibility index (Phi) is 8.23. The van der Waals surface area contributed by atoms with E-state index in [1.807, 2.05) is 0 Å². The van der Waals surface area contributed by atoms with Gasteiger partial charge in [0.25, 0.3) is 5.88 Å². The Hall–Kier alpha value is -3.83. The van der Waals surface area contributed by atoms with Gasteiger partial charge in [-0.2, -0.15) is 34.8 Å². The van der Waals surface area contributed by atoms with Gasteiger partial charge in [-0.05, 0) is 64.3 Å². The van der Waals surface area contributed by atoms with Crippen LogP contribution in [0.5, 0.6) is 11.6 Å². The molecule has 1 saturated heterocycles. The first kappa shape index (κ1) is 32.1. The Labute approximate surface area is 241 Å². The Morgan fingerprint density at radius 1 is 1.05 bits per heavy atom. The minimum Gasteiger partial charge on any atom is -0.496 e. The van der Waals surface area contributed by atoms with E-state index in [0.29, 0.717) is 19.4 Å². The van der Waals surface area contributed by atoms with Gasteiger partial charge in [-0.3, -0.25) is 0 Å². The molecule has 43 heavy (non-hydrogen) atoms. The number of aryl methyl sites for hydroxylation is 1. The normalized spacial score (nSPS) is 16.8. The number of aromatic nitrogens is 4. The number of ether oxygens (including phenoxy) is 2. The quantitative estimate of drug-likeness (QED) is 0.198. The Morgan fingerprint density at radius 3 is 2.30 bits per heavy atom. The van der Waals surface area contributed by atoms with Crippen LogP contribution < -0.4 is 8.92 Å². The second-order valence-electron chi connectivity index (χ2n) is 10.8. The smallest absolute Gasteiger partial charge is 0.496 e. The van der Waals surface area contributed by atoms with E-state index in [1.54, 1.807) is 20.8 Å². The van der Waals surface area contributed by atoms with Crippen LogP contribution >= 0.6 is 0 Å². The highest BCUT2D eigenvalue weighted by molar-refractivity contribution is 7.88. The summed E-state index contributed by atoms with van der Waals surface area (Å²) in [5.74, 6) is -1.25. The highest BCUT2D eigenvalue weighted by atomic mass is 32.2. The zero-order chi connectivity index (χ0) is 32.1. The first-order valence-electron chi connectivity index (χ1n) is 12.7. The predicted molar refractivity (Wildman–Crippen MR) is 139 cm³/mol. The summed E-state index contributed by atoms with van der Waals surface area (Å²) in [6.45, 7) is 6.68. The second-order valence-corrected chi connectivity index (χ2v) is 12.3. The number of likely N-dealkylation sites (tertiary alicyclic amines) is 1. The maximum Gasteiger partial charge on any atom is 0.534 e. The first-order chi connectivity index (χ1) is 19.7. The number of piperidine rings is 1. The van der Waals surface area contributed by atoms with Gasteiger partial charge in [0.1, 0.15) is 11.4 Å². The number of fused-ring (bicyclic) bond motifs is 1. The molecule has 2 aromatic heterocycles. The fourth-order valence-electron chi connectivity index (χ4n) is 4.55.